The average Bonchev–Trinajstić information content (AvgIpc) is 2.47. The molecule has 1 aromatic rings. The van der Waals surface area contributed by atoms with Crippen LogP contribution in [-0.2, 0) is 6.42 Å². The zero-order chi connectivity index (χ0) is 16.3. The lowest BCUT2D eigenvalue weighted by Crippen LogP contribution is -2.38. The first-order valence-corrected chi connectivity index (χ1v) is 7.55. The number of fused-ring (bicyclic) bond motifs is 1. The van der Waals surface area contributed by atoms with Gasteiger partial charge in [-0.15, -0.1) is 0 Å². The number of hydrogen-bond acceptors (Lipinski definition) is 4. The third-order valence-corrected chi connectivity index (χ3v) is 4.01. The van der Waals surface area contributed by atoms with E-state index in [-0.39, 0.29) is 0 Å². The number of hydrogen-bond donors (Lipinski definition) is 2. The van der Waals surface area contributed by atoms with E-state index in [1.165, 1.54) is 5.56 Å². The first kappa shape index (κ1) is 16.7. The molecule has 1 aromatic heterocycles. The van der Waals surface area contributed by atoms with Gasteiger partial charge in [0.25, 0.3) is 5.92 Å². The molecule has 0 aromatic carbocycles. The van der Waals surface area contributed by atoms with Crippen molar-refractivity contribution >= 4 is 11.5 Å². The average molecular weight is 310 g/mol. The Morgan fingerprint density at radius 1 is 1.55 bits per heavy atom. The van der Waals surface area contributed by atoms with E-state index in [4.69, 9.17) is 5.73 Å². The molecule has 1 atom stereocenters. The second-order valence-corrected chi connectivity index (χ2v) is 5.96. The fourth-order valence-electron chi connectivity index (χ4n) is 2.72. The SMILES string of the molecule is C=C(NCC(C)(F)F)c1ccc2c(n1)N(C)C(CCN)CC2. The highest BCUT2D eigenvalue weighted by Gasteiger charge is 2.25. The van der Waals surface area contributed by atoms with E-state index in [1.54, 1.807) is 0 Å². The quantitative estimate of drug-likeness (QED) is 0.847. The zero-order valence-corrected chi connectivity index (χ0v) is 13.2. The van der Waals surface area contributed by atoms with E-state index < -0.39 is 12.5 Å². The summed E-state index contributed by atoms with van der Waals surface area (Å²) in [4.78, 5) is 6.74. The van der Waals surface area contributed by atoms with Crippen molar-refractivity contribution in [3.8, 4) is 0 Å². The molecule has 0 aliphatic carbocycles. The minimum absolute atomic E-state index is 0.376. The molecule has 0 fully saturated rings. The molecule has 0 amide bonds. The molecule has 1 aliphatic heterocycles. The number of anilines is 1. The van der Waals surface area contributed by atoms with Gasteiger partial charge in [0.05, 0.1) is 17.9 Å². The number of aromatic nitrogens is 1. The second kappa shape index (κ2) is 6.60. The summed E-state index contributed by atoms with van der Waals surface area (Å²) in [6.45, 7) is 4.88. The number of nitrogens with two attached hydrogens (primary N) is 1. The van der Waals surface area contributed by atoms with Gasteiger partial charge in [-0.2, -0.15) is 0 Å². The van der Waals surface area contributed by atoms with Crippen molar-refractivity contribution in [2.24, 2.45) is 5.73 Å². The van der Waals surface area contributed by atoms with E-state index in [9.17, 15) is 8.78 Å². The highest BCUT2D eigenvalue weighted by Crippen LogP contribution is 2.30. The first-order valence-electron chi connectivity index (χ1n) is 7.55. The lowest BCUT2D eigenvalue weighted by Gasteiger charge is -2.35. The third-order valence-electron chi connectivity index (χ3n) is 4.01. The molecule has 122 valence electrons. The molecule has 0 saturated heterocycles. The van der Waals surface area contributed by atoms with Crippen molar-refractivity contribution in [3.05, 3.63) is 30.0 Å². The highest BCUT2D eigenvalue weighted by atomic mass is 19.3. The largest absolute Gasteiger partial charge is 0.378 e. The maximum atomic E-state index is 12.9. The molecule has 0 radical (unpaired) electrons. The summed E-state index contributed by atoms with van der Waals surface area (Å²) < 4.78 is 25.9. The van der Waals surface area contributed by atoms with Gasteiger partial charge in [-0.05, 0) is 37.4 Å². The van der Waals surface area contributed by atoms with Crippen LogP contribution in [0.4, 0.5) is 14.6 Å². The summed E-state index contributed by atoms with van der Waals surface area (Å²) in [7, 11) is 2.01. The molecule has 1 aliphatic rings. The third kappa shape index (κ3) is 3.94. The number of pyridine rings is 1. The summed E-state index contributed by atoms with van der Waals surface area (Å²) in [5, 5.41) is 2.65. The van der Waals surface area contributed by atoms with Crippen LogP contribution in [0.1, 0.15) is 31.0 Å². The molecule has 2 rings (SSSR count). The molecular formula is C16H24F2N4. The maximum Gasteiger partial charge on any atom is 0.262 e. The van der Waals surface area contributed by atoms with Gasteiger partial charge in [0.15, 0.2) is 0 Å². The molecule has 0 spiro atoms. The fourth-order valence-corrected chi connectivity index (χ4v) is 2.72. The van der Waals surface area contributed by atoms with Crippen molar-refractivity contribution in [2.75, 3.05) is 25.0 Å². The van der Waals surface area contributed by atoms with Crippen molar-refractivity contribution in [1.29, 1.82) is 0 Å². The van der Waals surface area contributed by atoms with Crippen LogP contribution in [0.25, 0.3) is 5.70 Å². The van der Waals surface area contributed by atoms with E-state index >= 15 is 0 Å². The summed E-state index contributed by atoms with van der Waals surface area (Å²) in [6, 6.07) is 4.21. The van der Waals surface area contributed by atoms with Crippen LogP contribution in [0.3, 0.4) is 0 Å². The zero-order valence-electron chi connectivity index (χ0n) is 13.2. The number of rotatable bonds is 6. The van der Waals surface area contributed by atoms with Crippen LogP contribution in [0.2, 0.25) is 0 Å². The predicted octanol–water partition coefficient (Wildman–Crippen LogP) is 2.40. The lowest BCUT2D eigenvalue weighted by molar-refractivity contribution is 0.0267. The molecule has 22 heavy (non-hydrogen) atoms. The fraction of sp³-hybridized carbons (Fsp3) is 0.562. The number of nitrogens with zero attached hydrogens (tertiary/aromatic N) is 2. The van der Waals surface area contributed by atoms with Crippen LogP contribution in [0, 0.1) is 0 Å². The van der Waals surface area contributed by atoms with Crippen molar-refractivity contribution in [3.63, 3.8) is 0 Å². The normalized spacial score (nSPS) is 18.0. The highest BCUT2D eigenvalue weighted by molar-refractivity contribution is 5.62. The minimum atomic E-state index is -2.78. The summed E-state index contributed by atoms with van der Waals surface area (Å²) in [5.74, 6) is -1.88. The smallest absolute Gasteiger partial charge is 0.262 e. The van der Waals surface area contributed by atoms with Crippen molar-refractivity contribution in [1.82, 2.24) is 10.3 Å². The molecule has 3 N–H and O–H groups in total. The Labute approximate surface area is 130 Å². The van der Waals surface area contributed by atoms with Crippen LogP contribution in [0.15, 0.2) is 18.7 Å². The molecular weight excluding hydrogens is 286 g/mol. The van der Waals surface area contributed by atoms with Gasteiger partial charge in [0, 0.05) is 20.0 Å². The Morgan fingerprint density at radius 3 is 2.91 bits per heavy atom. The van der Waals surface area contributed by atoms with E-state index in [0.29, 0.717) is 24.0 Å². The summed E-state index contributed by atoms with van der Waals surface area (Å²) >= 11 is 0. The Morgan fingerprint density at radius 2 is 2.27 bits per heavy atom. The molecule has 0 bridgehead atoms. The van der Waals surface area contributed by atoms with Crippen LogP contribution < -0.4 is 16.0 Å². The number of aryl methyl sites for hydroxylation is 1. The van der Waals surface area contributed by atoms with Gasteiger partial charge in [-0.1, -0.05) is 12.6 Å². The van der Waals surface area contributed by atoms with E-state index in [0.717, 1.165) is 32.0 Å². The van der Waals surface area contributed by atoms with Crippen molar-refractivity contribution < 1.29 is 8.78 Å². The van der Waals surface area contributed by atoms with Crippen LogP contribution in [-0.4, -0.2) is 37.1 Å². The molecule has 2 heterocycles. The first-order chi connectivity index (χ1) is 10.3. The second-order valence-electron chi connectivity index (χ2n) is 5.96. The Kier molecular flexibility index (Phi) is 5.01. The van der Waals surface area contributed by atoms with Gasteiger partial charge in [-0.25, -0.2) is 13.8 Å². The topological polar surface area (TPSA) is 54.2 Å². The van der Waals surface area contributed by atoms with E-state index in [1.807, 2.05) is 19.2 Å². The maximum absolute atomic E-state index is 12.9. The molecule has 0 saturated carbocycles. The van der Waals surface area contributed by atoms with Gasteiger partial charge >= 0.3 is 0 Å². The Bertz CT molecular complexity index is 539. The molecule has 1 unspecified atom stereocenters. The summed E-state index contributed by atoms with van der Waals surface area (Å²) in [5.41, 5.74) is 7.85. The Balaban J connectivity index is 2.15. The number of alkyl halides is 2. The van der Waals surface area contributed by atoms with Crippen LogP contribution >= 0.6 is 0 Å². The monoisotopic (exact) mass is 310 g/mol. The van der Waals surface area contributed by atoms with Gasteiger partial charge < -0.3 is 16.0 Å². The molecule has 6 heteroatoms. The predicted molar refractivity (Wildman–Crippen MR) is 86.1 cm³/mol. The Hall–Kier alpha value is -1.69. The standard InChI is InChI=1S/C16H24F2N4/c1-11(20-10-16(2,17)18)14-7-5-12-4-6-13(8-9-19)22(3)15(12)21-14/h5,7,13,20H,1,4,6,8-10,19H2,2-3H3. The van der Waals surface area contributed by atoms with E-state index in [2.05, 4.69) is 21.8 Å². The molecule has 4 nitrogen and oxygen atoms in total. The lowest BCUT2D eigenvalue weighted by atomic mass is 9.96. The van der Waals surface area contributed by atoms with Gasteiger partial charge in [0.2, 0.25) is 0 Å². The number of halogens is 2. The van der Waals surface area contributed by atoms with Crippen molar-refractivity contribution in [2.45, 2.75) is 38.2 Å². The van der Waals surface area contributed by atoms with Gasteiger partial charge in [-0.3, -0.25) is 0 Å². The van der Waals surface area contributed by atoms with Crippen LogP contribution in [0.5, 0.6) is 0 Å². The minimum Gasteiger partial charge on any atom is -0.378 e. The number of nitrogens with one attached hydrogen (secondary N) is 1. The summed E-state index contributed by atoms with van der Waals surface area (Å²) in [6.07, 6.45) is 2.94. The van der Waals surface area contributed by atoms with Gasteiger partial charge in [0.1, 0.15) is 5.82 Å².